The van der Waals surface area contributed by atoms with Crippen LogP contribution in [-0.2, 0) is 11.3 Å². The van der Waals surface area contributed by atoms with Crippen LogP contribution >= 0.6 is 0 Å². The van der Waals surface area contributed by atoms with Gasteiger partial charge in [0.1, 0.15) is 11.6 Å². The molecule has 0 bridgehead atoms. The highest BCUT2D eigenvalue weighted by Gasteiger charge is 2.32. The minimum absolute atomic E-state index is 0.0708. The third kappa shape index (κ3) is 3.76. The Bertz CT molecular complexity index is 1130. The van der Waals surface area contributed by atoms with Crippen LogP contribution < -0.4 is 15.0 Å². The van der Waals surface area contributed by atoms with Crippen LogP contribution in [0.1, 0.15) is 28.4 Å². The number of nitrogens with zero attached hydrogens (tertiary/aromatic N) is 1. The smallest absolute Gasteiger partial charge is 0.268 e. The first kappa shape index (κ1) is 19.6. The van der Waals surface area contributed by atoms with E-state index in [1.807, 2.05) is 19.1 Å². The molecule has 4 rings (SSSR count). The van der Waals surface area contributed by atoms with Crippen molar-refractivity contribution in [1.29, 1.82) is 0 Å². The molecule has 0 radical (unpaired) electrons. The Morgan fingerprint density at radius 2 is 1.83 bits per heavy atom. The third-order valence-electron chi connectivity index (χ3n) is 5.10. The second-order valence-corrected chi connectivity index (χ2v) is 7.23. The van der Waals surface area contributed by atoms with Gasteiger partial charge in [-0.15, -0.1) is 0 Å². The van der Waals surface area contributed by atoms with Gasteiger partial charge in [-0.05, 0) is 49.7 Å². The fourth-order valence-electron chi connectivity index (χ4n) is 3.47. The lowest BCUT2D eigenvalue weighted by Gasteiger charge is -2.33. The summed E-state index contributed by atoms with van der Waals surface area (Å²) in [7, 11) is 0. The summed E-state index contributed by atoms with van der Waals surface area (Å²) in [6, 6.07) is 18.7. The highest BCUT2D eigenvalue weighted by atomic mass is 19.1. The van der Waals surface area contributed by atoms with Crippen molar-refractivity contribution >= 4 is 23.2 Å². The molecule has 0 saturated heterocycles. The van der Waals surface area contributed by atoms with E-state index >= 15 is 0 Å². The van der Waals surface area contributed by atoms with Crippen molar-refractivity contribution in [3.63, 3.8) is 0 Å². The highest BCUT2D eigenvalue weighted by Crippen LogP contribution is 2.37. The van der Waals surface area contributed by atoms with Crippen LogP contribution in [0.5, 0.6) is 5.75 Å². The predicted molar refractivity (Wildman–Crippen MR) is 113 cm³/mol. The Morgan fingerprint density at radius 3 is 2.60 bits per heavy atom. The lowest BCUT2D eigenvalue weighted by atomic mass is 10.1. The van der Waals surface area contributed by atoms with Crippen molar-refractivity contribution in [2.24, 2.45) is 0 Å². The fourth-order valence-corrected chi connectivity index (χ4v) is 3.47. The number of rotatable bonds is 4. The van der Waals surface area contributed by atoms with Crippen LogP contribution in [0, 0.1) is 12.7 Å². The maximum atomic E-state index is 14.2. The van der Waals surface area contributed by atoms with Crippen LogP contribution in [0.15, 0.2) is 66.7 Å². The zero-order valence-corrected chi connectivity index (χ0v) is 16.7. The fraction of sp³-hybridized carbons (Fsp3) is 0.167. The van der Waals surface area contributed by atoms with Gasteiger partial charge in [0, 0.05) is 16.8 Å². The van der Waals surface area contributed by atoms with Gasteiger partial charge in [0.25, 0.3) is 11.8 Å². The topological polar surface area (TPSA) is 58.6 Å². The molecule has 1 N–H and O–H groups in total. The van der Waals surface area contributed by atoms with E-state index in [0.29, 0.717) is 28.3 Å². The molecule has 0 aromatic heterocycles. The van der Waals surface area contributed by atoms with Gasteiger partial charge in [-0.25, -0.2) is 4.39 Å². The van der Waals surface area contributed by atoms with Crippen molar-refractivity contribution in [2.45, 2.75) is 26.5 Å². The lowest BCUT2D eigenvalue weighted by Crippen LogP contribution is -2.44. The van der Waals surface area contributed by atoms with Crippen molar-refractivity contribution in [1.82, 2.24) is 0 Å². The maximum Gasteiger partial charge on any atom is 0.268 e. The van der Waals surface area contributed by atoms with Crippen LogP contribution in [-0.4, -0.2) is 17.9 Å². The molecule has 3 aromatic rings. The number of aryl methyl sites for hydroxylation is 1. The second kappa shape index (κ2) is 7.99. The summed E-state index contributed by atoms with van der Waals surface area (Å²) in [5.41, 5.74) is 2.84. The minimum atomic E-state index is -0.684. The summed E-state index contributed by atoms with van der Waals surface area (Å²) < 4.78 is 19.9. The zero-order chi connectivity index (χ0) is 21.3. The number of carbonyl (C=O) groups is 2. The van der Waals surface area contributed by atoms with E-state index in [-0.39, 0.29) is 24.2 Å². The normalized spacial score (nSPS) is 15.4. The maximum absolute atomic E-state index is 14.2. The van der Waals surface area contributed by atoms with Gasteiger partial charge in [-0.3, -0.25) is 9.59 Å². The van der Waals surface area contributed by atoms with E-state index in [9.17, 15) is 14.0 Å². The van der Waals surface area contributed by atoms with E-state index in [0.717, 1.165) is 5.56 Å². The molecule has 1 aliphatic heterocycles. The van der Waals surface area contributed by atoms with E-state index < -0.39 is 6.10 Å². The van der Waals surface area contributed by atoms with Crippen LogP contribution in [0.4, 0.5) is 15.8 Å². The Balaban J connectivity index is 1.66. The molecule has 1 heterocycles. The molecule has 5 nitrogen and oxygen atoms in total. The molecule has 2 amide bonds. The van der Waals surface area contributed by atoms with Crippen molar-refractivity contribution in [3.8, 4) is 5.75 Å². The summed E-state index contributed by atoms with van der Waals surface area (Å²) in [5.74, 6) is -0.388. The van der Waals surface area contributed by atoms with Gasteiger partial charge in [0.2, 0.25) is 0 Å². The first-order chi connectivity index (χ1) is 14.4. The van der Waals surface area contributed by atoms with E-state index in [4.69, 9.17) is 4.74 Å². The zero-order valence-electron chi connectivity index (χ0n) is 16.7. The molecule has 0 spiro atoms. The molecule has 3 aromatic carbocycles. The number of fused-ring (bicyclic) bond motifs is 1. The molecule has 1 unspecified atom stereocenters. The van der Waals surface area contributed by atoms with E-state index in [2.05, 4.69) is 5.32 Å². The molecule has 0 saturated carbocycles. The molecule has 0 fully saturated rings. The molecule has 152 valence electrons. The Labute approximate surface area is 174 Å². The van der Waals surface area contributed by atoms with Crippen molar-refractivity contribution in [3.05, 3.63) is 89.2 Å². The first-order valence-corrected chi connectivity index (χ1v) is 9.66. The van der Waals surface area contributed by atoms with Gasteiger partial charge in [0.05, 0.1) is 12.2 Å². The quantitative estimate of drug-likeness (QED) is 0.686. The average molecular weight is 404 g/mol. The van der Waals surface area contributed by atoms with Gasteiger partial charge in [-0.2, -0.15) is 0 Å². The van der Waals surface area contributed by atoms with Gasteiger partial charge in [-0.1, -0.05) is 36.4 Å². The molecule has 1 atom stereocenters. The number of amides is 2. The number of halogens is 1. The first-order valence-electron chi connectivity index (χ1n) is 9.66. The standard InChI is InChI=1S/C24H21FN2O3/c1-15-7-3-5-9-19(15)23(28)26-18-11-12-22-21(13-18)27(24(29)16(2)30-22)14-17-8-4-6-10-20(17)25/h3-13,16H,14H2,1-2H3,(H,26,28). The molecule has 0 aliphatic carbocycles. The van der Waals surface area contributed by atoms with Crippen LogP contribution in [0.3, 0.4) is 0 Å². The number of hydrogen-bond acceptors (Lipinski definition) is 3. The number of carbonyl (C=O) groups excluding carboxylic acids is 2. The largest absolute Gasteiger partial charge is 0.479 e. The number of nitrogens with one attached hydrogen (secondary N) is 1. The molecule has 6 heteroatoms. The lowest BCUT2D eigenvalue weighted by molar-refractivity contribution is -0.125. The van der Waals surface area contributed by atoms with Crippen molar-refractivity contribution in [2.75, 3.05) is 10.2 Å². The van der Waals surface area contributed by atoms with E-state index in [1.165, 1.54) is 11.0 Å². The highest BCUT2D eigenvalue weighted by molar-refractivity contribution is 6.06. The van der Waals surface area contributed by atoms with Gasteiger partial charge >= 0.3 is 0 Å². The molecular formula is C24H21FN2O3. The third-order valence-corrected chi connectivity index (χ3v) is 5.10. The number of benzene rings is 3. The number of anilines is 2. The predicted octanol–water partition coefficient (Wildman–Crippen LogP) is 4.70. The molecular weight excluding hydrogens is 383 g/mol. The minimum Gasteiger partial charge on any atom is -0.479 e. The Morgan fingerprint density at radius 1 is 1.10 bits per heavy atom. The van der Waals surface area contributed by atoms with Gasteiger partial charge in [0.15, 0.2) is 6.10 Å². The van der Waals surface area contributed by atoms with Gasteiger partial charge < -0.3 is 15.0 Å². The second-order valence-electron chi connectivity index (χ2n) is 7.23. The number of ether oxygens (including phenoxy) is 1. The monoisotopic (exact) mass is 404 g/mol. The SMILES string of the molecule is Cc1ccccc1C(=O)Nc1ccc2c(c1)N(Cc1ccccc1F)C(=O)C(C)O2. The Kier molecular flexibility index (Phi) is 5.23. The van der Waals surface area contributed by atoms with Crippen molar-refractivity contribution < 1.29 is 18.7 Å². The summed E-state index contributed by atoms with van der Waals surface area (Å²) in [6.45, 7) is 3.60. The van der Waals surface area contributed by atoms with Crippen LogP contribution in [0.2, 0.25) is 0 Å². The summed E-state index contributed by atoms with van der Waals surface area (Å²) in [4.78, 5) is 26.9. The average Bonchev–Trinajstić information content (AvgIpc) is 2.73. The summed E-state index contributed by atoms with van der Waals surface area (Å²) >= 11 is 0. The summed E-state index contributed by atoms with van der Waals surface area (Å²) in [5, 5.41) is 2.86. The van der Waals surface area contributed by atoms with E-state index in [1.54, 1.807) is 55.5 Å². The molecule has 30 heavy (non-hydrogen) atoms. The van der Waals surface area contributed by atoms with Crippen LogP contribution in [0.25, 0.3) is 0 Å². The molecule has 1 aliphatic rings. The summed E-state index contributed by atoms with van der Waals surface area (Å²) in [6.07, 6.45) is -0.684. The number of hydrogen-bond donors (Lipinski definition) is 1. The Hall–Kier alpha value is -3.67.